The van der Waals surface area contributed by atoms with Crippen molar-refractivity contribution < 1.29 is 9.90 Å². The number of hydrogen-bond donors (Lipinski definition) is 2. The minimum atomic E-state index is -0.216. The third-order valence-electron chi connectivity index (χ3n) is 3.73. The predicted molar refractivity (Wildman–Crippen MR) is 98.6 cm³/mol. The third-order valence-corrected chi connectivity index (χ3v) is 4.75. The number of carbonyl (C=O) groups is 1. The zero-order valence-electron chi connectivity index (χ0n) is 13.9. The Bertz CT molecular complexity index is 908. The minimum absolute atomic E-state index is 0.0429. The molecule has 0 aliphatic heterocycles. The molecule has 1 amide bonds. The Morgan fingerprint density at radius 3 is 2.64 bits per heavy atom. The van der Waals surface area contributed by atoms with Gasteiger partial charge in [0.1, 0.15) is 5.75 Å². The molecule has 0 saturated carbocycles. The van der Waals surface area contributed by atoms with E-state index in [-0.39, 0.29) is 17.4 Å². The fraction of sp³-hybridized carbons (Fsp3) is 0.167. The van der Waals surface area contributed by atoms with Crippen LogP contribution in [0.2, 0.25) is 0 Å². The summed E-state index contributed by atoms with van der Waals surface area (Å²) in [5.74, 6) is 0.767. The third kappa shape index (κ3) is 3.83. The van der Waals surface area contributed by atoms with Gasteiger partial charge < -0.3 is 15.0 Å². The molecular weight excluding hydrogens is 336 g/mol. The molecule has 25 heavy (non-hydrogen) atoms. The summed E-state index contributed by atoms with van der Waals surface area (Å²) < 4.78 is 1.88. The van der Waals surface area contributed by atoms with E-state index in [1.807, 2.05) is 42.8 Å². The van der Waals surface area contributed by atoms with Crippen LogP contribution in [0.5, 0.6) is 5.75 Å². The van der Waals surface area contributed by atoms with Crippen molar-refractivity contribution in [3.63, 3.8) is 0 Å². The molecule has 0 aliphatic carbocycles. The summed E-state index contributed by atoms with van der Waals surface area (Å²) in [5.41, 5.74) is 2.53. The van der Waals surface area contributed by atoms with Gasteiger partial charge in [-0.05, 0) is 24.6 Å². The van der Waals surface area contributed by atoms with E-state index < -0.39 is 0 Å². The Morgan fingerprint density at radius 2 is 1.88 bits per heavy atom. The van der Waals surface area contributed by atoms with Gasteiger partial charge in [0.15, 0.2) is 11.0 Å². The molecule has 2 aromatic carbocycles. The monoisotopic (exact) mass is 354 g/mol. The molecule has 0 bridgehead atoms. The first-order valence-electron chi connectivity index (χ1n) is 7.72. The highest BCUT2D eigenvalue weighted by Crippen LogP contribution is 2.26. The second-order valence-corrected chi connectivity index (χ2v) is 6.48. The maximum Gasteiger partial charge on any atom is 0.234 e. The zero-order chi connectivity index (χ0) is 17.8. The topological polar surface area (TPSA) is 80.0 Å². The van der Waals surface area contributed by atoms with Gasteiger partial charge in [0.2, 0.25) is 5.91 Å². The number of nitrogens with one attached hydrogen (secondary N) is 1. The van der Waals surface area contributed by atoms with Crippen LogP contribution in [0, 0.1) is 6.92 Å². The Kier molecular flexibility index (Phi) is 5.04. The number of aryl methyl sites for hydroxylation is 1. The van der Waals surface area contributed by atoms with E-state index in [0.717, 1.165) is 17.0 Å². The number of benzene rings is 2. The van der Waals surface area contributed by atoms with Gasteiger partial charge in [-0.1, -0.05) is 48.2 Å². The molecule has 1 heterocycles. The highest BCUT2D eigenvalue weighted by molar-refractivity contribution is 7.99. The number of aromatic hydroxyl groups is 1. The number of hydrogen-bond acceptors (Lipinski definition) is 5. The van der Waals surface area contributed by atoms with Crippen molar-refractivity contribution >= 4 is 23.4 Å². The van der Waals surface area contributed by atoms with Crippen LogP contribution in [-0.4, -0.2) is 31.5 Å². The van der Waals surface area contributed by atoms with Gasteiger partial charge in [0, 0.05) is 12.6 Å². The Labute approximate surface area is 149 Å². The van der Waals surface area contributed by atoms with E-state index in [2.05, 4.69) is 15.5 Å². The van der Waals surface area contributed by atoms with E-state index in [4.69, 9.17) is 0 Å². The van der Waals surface area contributed by atoms with Crippen molar-refractivity contribution in [1.29, 1.82) is 0 Å². The summed E-state index contributed by atoms with van der Waals surface area (Å²) >= 11 is 1.30. The molecule has 6 nitrogen and oxygen atoms in total. The van der Waals surface area contributed by atoms with E-state index in [1.165, 1.54) is 17.8 Å². The van der Waals surface area contributed by atoms with E-state index in [9.17, 15) is 9.90 Å². The molecule has 0 unspecified atom stereocenters. The van der Waals surface area contributed by atoms with Crippen molar-refractivity contribution in [2.45, 2.75) is 12.1 Å². The number of aromatic nitrogens is 3. The highest BCUT2D eigenvalue weighted by atomic mass is 32.2. The highest BCUT2D eigenvalue weighted by Gasteiger charge is 2.14. The molecule has 0 saturated heterocycles. The van der Waals surface area contributed by atoms with Crippen LogP contribution in [0.4, 0.5) is 5.69 Å². The van der Waals surface area contributed by atoms with Crippen LogP contribution in [0.1, 0.15) is 5.56 Å². The number of anilines is 1. The fourth-order valence-corrected chi connectivity index (χ4v) is 3.11. The van der Waals surface area contributed by atoms with E-state index >= 15 is 0 Å². The van der Waals surface area contributed by atoms with Crippen LogP contribution in [-0.2, 0) is 11.8 Å². The van der Waals surface area contributed by atoms with Crippen LogP contribution >= 0.6 is 11.8 Å². The number of thioether (sulfide) groups is 1. The van der Waals surface area contributed by atoms with Crippen molar-refractivity contribution in [3.05, 3.63) is 54.1 Å². The number of rotatable bonds is 5. The van der Waals surface area contributed by atoms with Crippen LogP contribution in [0.25, 0.3) is 11.4 Å². The number of amides is 1. The number of nitrogens with zero attached hydrogens (tertiary/aromatic N) is 3. The molecule has 0 atom stereocenters. The van der Waals surface area contributed by atoms with Crippen molar-refractivity contribution in [2.75, 3.05) is 11.1 Å². The smallest absolute Gasteiger partial charge is 0.234 e. The van der Waals surface area contributed by atoms with E-state index in [1.54, 1.807) is 18.2 Å². The average Bonchev–Trinajstić information content (AvgIpc) is 2.96. The molecule has 7 heteroatoms. The molecule has 1 aromatic heterocycles. The lowest BCUT2D eigenvalue weighted by molar-refractivity contribution is -0.113. The summed E-state index contributed by atoms with van der Waals surface area (Å²) in [6, 6.07) is 14.6. The average molecular weight is 354 g/mol. The van der Waals surface area contributed by atoms with Gasteiger partial charge in [-0.3, -0.25) is 4.79 Å². The second-order valence-electron chi connectivity index (χ2n) is 5.53. The first-order valence-corrected chi connectivity index (χ1v) is 8.71. The summed E-state index contributed by atoms with van der Waals surface area (Å²) in [5, 5.41) is 21.5. The first kappa shape index (κ1) is 17.0. The van der Waals surface area contributed by atoms with Gasteiger partial charge in [-0.2, -0.15) is 0 Å². The molecule has 0 aliphatic rings. The Hall–Kier alpha value is -2.80. The maximum atomic E-state index is 12.1. The Morgan fingerprint density at radius 1 is 1.16 bits per heavy atom. The van der Waals surface area contributed by atoms with Crippen molar-refractivity contribution in [2.24, 2.45) is 7.05 Å². The second kappa shape index (κ2) is 7.40. The molecule has 0 spiro atoms. The number of phenols is 1. The molecule has 0 fully saturated rings. The van der Waals surface area contributed by atoms with Gasteiger partial charge in [-0.15, -0.1) is 10.2 Å². The summed E-state index contributed by atoms with van der Waals surface area (Å²) in [4.78, 5) is 12.1. The van der Waals surface area contributed by atoms with Gasteiger partial charge >= 0.3 is 0 Å². The first-order chi connectivity index (χ1) is 12.1. The summed E-state index contributed by atoms with van der Waals surface area (Å²) in [6.45, 7) is 2.02. The zero-order valence-corrected chi connectivity index (χ0v) is 14.7. The molecule has 128 valence electrons. The normalized spacial score (nSPS) is 10.6. The van der Waals surface area contributed by atoms with Gasteiger partial charge in [0.25, 0.3) is 0 Å². The van der Waals surface area contributed by atoms with Crippen LogP contribution in [0.15, 0.2) is 53.7 Å². The van der Waals surface area contributed by atoms with Crippen molar-refractivity contribution in [3.8, 4) is 17.1 Å². The quantitative estimate of drug-likeness (QED) is 0.543. The van der Waals surface area contributed by atoms with Crippen molar-refractivity contribution in [1.82, 2.24) is 14.8 Å². The summed E-state index contributed by atoms with van der Waals surface area (Å²) in [7, 11) is 1.88. The molecule has 2 N–H and O–H groups in total. The summed E-state index contributed by atoms with van der Waals surface area (Å²) in [6.07, 6.45) is 0. The lowest BCUT2D eigenvalue weighted by atomic mass is 10.1. The molecule has 0 radical (unpaired) electrons. The molecule has 3 rings (SSSR count). The van der Waals surface area contributed by atoms with Crippen LogP contribution in [0.3, 0.4) is 0 Å². The molecule has 3 aromatic rings. The van der Waals surface area contributed by atoms with Gasteiger partial charge in [0.05, 0.1) is 11.4 Å². The predicted octanol–water partition coefficient (Wildman–Crippen LogP) is 3.23. The maximum absolute atomic E-state index is 12.1. The largest absolute Gasteiger partial charge is 0.506 e. The number of phenolic OH excluding ortho intramolecular Hbond substituents is 1. The number of carbonyl (C=O) groups excluding carboxylic acids is 1. The Balaban J connectivity index is 1.67. The van der Waals surface area contributed by atoms with E-state index in [0.29, 0.717) is 10.8 Å². The van der Waals surface area contributed by atoms with Crippen LogP contribution < -0.4 is 5.32 Å². The minimum Gasteiger partial charge on any atom is -0.506 e. The SMILES string of the molecule is Cc1ccccc1-c1nnc(SCC(=O)Nc2ccccc2O)n1C. The standard InChI is InChI=1S/C18H18N4O2S/c1-12-7-3-4-8-13(12)17-20-21-18(22(17)2)25-11-16(24)19-14-9-5-6-10-15(14)23/h3-10,23H,11H2,1-2H3,(H,19,24). The fourth-order valence-electron chi connectivity index (χ4n) is 2.39. The molecular formula is C18H18N4O2S. The lowest BCUT2D eigenvalue weighted by Crippen LogP contribution is -2.14. The number of para-hydroxylation sites is 2. The van der Waals surface area contributed by atoms with Gasteiger partial charge in [-0.25, -0.2) is 0 Å². The lowest BCUT2D eigenvalue weighted by Gasteiger charge is -2.07.